The van der Waals surface area contributed by atoms with Crippen molar-refractivity contribution in [2.75, 3.05) is 5.75 Å². The topological polar surface area (TPSA) is 83.5 Å². The summed E-state index contributed by atoms with van der Waals surface area (Å²) in [5, 5.41) is 10.9. The van der Waals surface area contributed by atoms with Crippen LogP contribution in [0, 0.1) is 5.92 Å². The van der Waals surface area contributed by atoms with Gasteiger partial charge in [0.15, 0.2) is 0 Å². The quantitative estimate of drug-likeness (QED) is 0.731. The Morgan fingerprint density at radius 1 is 1.33 bits per heavy atom. The average Bonchev–Trinajstić information content (AvgIpc) is 2.26. The van der Waals surface area contributed by atoms with Crippen LogP contribution in [0.4, 0.5) is 0 Å². The van der Waals surface area contributed by atoms with E-state index in [-0.39, 0.29) is 17.2 Å². The van der Waals surface area contributed by atoms with Crippen LogP contribution in [0.1, 0.15) is 41.0 Å². The second kappa shape index (κ2) is 6.87. The van der Waals surface area contributed by atoms with Crippen molar-refractivity contribution in [1.29, 1.82) is 0 Å². The van der Waals surface area contributed by atoms with E-state index in [1.54, 1.807) is 6.92 Å². The van der Waals surface area contributed by atoms with Gasteiger partial charge in [-0.3, -0.25) is 13.8 Å². The number of carbonyl (C=O) groups excluding carboxylic acids is 1. The van der Waals surface area contributed by atoms with Crippen LogP contribution in [0.5, 0.6) is 0 Å². The van der Waals surface area contributed by atoms with E-state index in [0.717, 1.165) is 6.42 Å². The Labute approximate surface area is 111 Å². The second-order valence-electron chi connectivity index (χ2n) is 5.16. The number of aliphatic carboxylic acids is 1. The number of nitrogens with one attached hydrogen (secondary N) is 1. The van der Waals surface area contributed by atoms with Crippen LogP contribution < -0.4 is 5.32 Å². The first-order chi connectivity index (χ1) is 8.10. The molecule has 0 rings (SSSR count). The predicted molar refractivity (Wildman–Crippen MR) is 71.8 cm³/mol. The van der Waals surface area contributed by atoms with E-state index in [2.05, 4.69) is 5.32 Å². The molecule has 0 aromatic rings. The summed E-state index contributed by atoms with van der Waals surface area (Å²) < 4.78 is 11.9. The molecule has 5 nitrogen and oxygen atoms in total. The number of amides is 1. The van der Waals surface area contributed by atoms with Gasteiger partial charge in [-0.25, -0.2) is 0 Å². The van der Waals surface area contributed by atoms with Crippen LogP contribution in [0.25, 0.3) is 0 Å². The molecule has 3 unspecified atom stereocenters. The van der Waals surface area contributed by atoms with Crippen LogP contribution in [-0.4, -0.2) is 37.7 Å². The average molecular weight is 277 g/mol. The standard InChI is InChI=1S/C12H23NO4S/c1-6-12(4,5)13-10(14)9(3)18(17)7-8(2)11(15)16/h8-9H,6-7H2,1-5H3,(H,13,14)(H,15,16). The minimum Gasteiger partial charge on any atom is -0.481 e. The predicted octanol–water partition coefficient (Wildman–Crippen LogP) is 1.15. The van der Waals surface area contributed by atoms with E-state index in [0.29, 0.717) is 0 Å². The lowest BCUT2D eigenvalue weighted by Crippen LogP contribution is -2.48. The first-order valence-electron chi connectivity index (χ1n) is 6.02. The smallest absolute Gasteiger partial charge is 0.307 e. The summed E-state index contributed by atoms with van der Waals surface area (Å²) in [6, 6.07) is 0. The van der Waals surface area contributed by atoms with E-state index >= 15 is 0 Å². The number of carboxylic acid groups (broad SMARTS) is 1. The molecule has 0 radical (unpaired) electrons. The monoisotopic (exact) mass is 277 g/mol. The fourth-order valence-corrected chi connectivity index (χ4v) is 2.33. The molecular weight excluding hydrogens is 254 g/mol. The lowest BCUT2D eigenvalue weighted by atomic mass is 10.0. The van der Waals surface area contributed by atoms with Gasteiger partial charge < -0.3 is 10.4 Å². The summed E-state index contributed by atoms with van der Waals surface area (Å²) >= 11 is 0. The zero-order valence-electron chi connectivity index (χ0n) is 11.6. The SMILES string of the molecule is CCC(C)(C)NC(=O)C(C)S(=O)CC(C)C(=O)O. The lowest BCUT2D eigenvalue weighted by Gasteiger charge is -2.26. The third-order valence-electron chi connectivity index (χ3n) is 2.94. The van der Waals surface area contributed by atoms with Crippen LogP contribution in [0.3, 0.4) is 0 Å². The van der Waals surface area contributed by atoms with Crippen molar-refractivity contribution < 1.29 is 18.9 Å². The largest absolute Gasteiger partial charge is 0.481 e. The maximum Gasteiger partial charge on any atom is 0.307 e. The fourth-order valence-electron chi connectivity index (χ4n) is 1.10. The van der Waals surface area contributed by atoms with Gasteiger partial charge in [0.2, 0.25) is 5.91 Å². The molecule has 0 spiro atoms. The Morgan fingerprint density at radius 2 is 1.83 bits per heavy atom. The highest BCUT2D eigenvalue weighted by atomic mass is 32.2. The molecule has 2 N–H and O–H groups in total. The van der Waals surface area contributed by atoms with Crippen LogP contribution in [0.15, 0.2) is 0 Å². The van der Waals surface area contributed by atoms with Crippen molar-refractivity contribution >= 4 is 22.7 Å². The van der Waals surface area contributed by atoms with Gasteiger partial charge in [0.05, 0.1) is 5.92 Å². The van der Waals surface area contributed by atoms with E-state index in [1.165, 1.54) is 6.92 Å². The molecule has 0 saturated heterocycles. The Bertz CT molecular complexity index is 341. The molecular formula is C12H23NO4S. The summed E-state index contributed by atoms with van der Waals surface area (Å²) in [7, 11) is -1.48. The molecule has 0 fully saturated rings. The fraction of sp³-hybridized carbons (Fsp3) is 0.833. The molecule has 3 atom stereocenters. The number of rotatable bonds is 7. The summed E-state index contributed by atoms with van der Waals surface area (Å²) in [5.41, 5.74) is -0.339. The van der Waals surface area contributed by atoms with E-state index in [1.807, 2.05) is 20.8 Å². The minimum absolute atomic E-state index is 0.00350. The number of hydrogen-bond acceptors (Lipinski definition) is 3. The van der Waals surface area contributed by atoms with Gasteiger partial charge in [0.1, 0.15) is 5.25 Å². The first kappa shape index (κ1) is 17.1. The van der Waals surface area contributed by atoms with Gasteiger partial charge in [0, 0.05) is 22.1 Å². The second-order valence-corrected chi connectivity index (χ2v) is 6.96. The van der Waals surface area contributed by atoms with Crippen molar-refractivity contribution in [2.24, 2.45) is 5.92 Å². The summed E-state index contributed by atoms with van der Waals surface area (Å²) in [6.07, 6.45) is 0.767. The zero-order valence-corrected chi connectivity index (χ0v) is 12.5. The maximum atomic E-state index is 11.9. The third kappa shape index (κ3) is 5.62. The highest BCUT2D eigenvalue weighted by Crippen LogP contribution is 2.10. The Kier molecular flexibility index (Phi) is 6.52. The van der Waals surface area contributed by atoms with E-state index in [9.17, 15) is 13.8 Å². The van der Waals surface area contributed by atoms with Crippen LogP contribution >= 0.6 is 0 Å². The summed E-state index contributed by atoms with van der Waals surface area (Å²) in [5.74, 6) is -2.00. The molecule has 106 valence electrons. The molecule has 0 bridgehead atoms. The molecule has 0 aliphatic rings. The Balaban J connectivity index is 4.47. The van der Waals surface area contributed by atoms with Gasteiger partial charge in [-0.05, 0) is 27.2 Å². The van der Waals surface area contributed by atoms with E-state index in [4.69, 9.17) is 5.11 Å². The highest BCUT2D eigenvalue weighted by molar-refractivity contribution is 7.86. The molecule has 18 heavy (non-hydrogen) atoms. The van der Waals surface area contributed by atoms with Gasteiger partial charge >= 0.3 is 5.97 Å². The molecule has 0 aromatic heterocycles. The number of carboxylic acids is 1. The molecule has 0 aliphatic heterocycles. The Hall–Kier alpha value is -0.910. The normalized spacial score (nSPS) is 16.7. The molecule has 0 aliphatic carbocycles. The van der Waals surface area contributed by atoms with Crippen molar-refractivity contribution in [1.82, 2.24) is 5.32 Å². The number of carbonyl (C=O) groups is 2. The molecule has 0 aromatic carbocycles. The maximum absolute atomic E-state index is 11.9. The molecule has 1 amide bonds. The lowest BCUT2D eigenvalue weighted by molar-refractivity contribution is -0.140. The zero-order chi connectivity index (χ0) is 14.5. The van der Waals surface area contributed by atoms with Crippen LogP contribution in [-0.2, 0) is 20.4 Å². The number of hydrogen-bond donors (Lipinski definition) is 2. The van der Waals surface area contributed by atoms with Gasteiger partial charge in [-0.1, -0.05) is 13.8 Å². The van der Waals surface area contributed by atoms with Crippen molar-refractivity contribution in [3.8, 4) is 0 Å². The highest BCUT2D eigenvalue weighted by Gasteiger charge is 2.27. The van der Waals surface area contributed by atoms with E-state index < -0.39 is 27.9 Å². The van der Waals surface area contributed by atoms with Crippen molar-refractivity contribution in [3.63, 3.8) is 0 Å². The first-order valence-corrected chi connectivity index (χ1v) is 7.41. The van der Waals surface area contributed by atoms with Gasteiger partial charge in [-0.15, -0.1) is 0 Å². The summed E-state index contributed by atoms with van der Waals surface area (Å²) in [4.78, 5) is 22.5. The van der Waals surface area contributed by atoms with Crippen LogP contribution in [0.2, 0.25) is 0 Å². The molecule has 6 heteroatoms. The van der Waals surface area contributed by atoms with Gasteiger partial charge in [0.25, 0.3) is 0 Å². The van der Waals surface area contributed by atoms with Crippen molar-refractivity contribution in [2.45, 2.75) is 51.8 Å². The van der Waals surface area contributed by atoms with Crippen molar-refractivity contribution in [3.05, 3.63) is 0 Å². The third-order valence-corrected chi connectivity index (χ3v) is 4.78. The molecule has 0 heterocycles. The summed E-state index contributed by atoms with van der Waals surface area (Å²) in [6.45, 7) is 8.78. The Morgan fingerprint density at radius 3 is 2.22 bits per heavy atom. The minimum atomic E-state index is -1.48. The van der Waals surface area contributed by atoms with Gasteiger partial charge in [-0.2, -0.15) is 0 Å². The molecule has 0 saturated carbocycles.